The van der Waals surface area contributed by atoms with Gasteiger partial charge >= 0.3 is 0 Å². The number of hydrogen-bond acceptors (Lipinski definition) is 2. The summed E-state index contributed by atoms with van der Waals surface area (Å²) in [4.78, 5) is 11.9. The van der Waals surface area contributed by atoms with Gasteiger partial charge < -0.3 is 10.6 Å². The van der Waals surface area contributed by atoms with Gasteiger partial charge in [-0.1, -0.05) is 48.0 Å². The van der Waals surface area contributed by atoms with Crippen LogP contribution in [0.2, 0.25) is 5.02 Å². The van der Waals surface area contributed by atoms with Crippen molar-refractivity contribution in [1.82, 2.24) is 10.6 Å². The van der Waals surface area contributed by atoms with Crippen molar-refractivity contribution in [3.63, 3.8) is 0 Å². The van der Waals surface area contributed by atoms with E-state index in [-0.39, 0.29) is 5.91 Å². The maximum Gasteiger partial charge on any atom is 0.219 e. The van der Waals surface area contributed by atoms with Crippen LogP contribution in [0.15, 0.2) is 60.8 Å². The van der Waals surface area contributed by atoms with Crippen LogP contribution in [0.1, 0.15) is 18.1 Å². The van der Waals surface area contributed by atoms with Crippen molar-refractivity contribution in [3.05, 3.63) is 88.8 Å². The third-order valence-electron chi connectivity index (χ3n) is 3.77. The lowest BCUT2D eigenvalue weighted by Crippen LogP contribution is -2.55. The Bertz CT molecular complexity index is 847. The van der Waals surface area contributed by atoms with Crippen LogP contribution in [-0.2, 0) is 10.5 Å². The zero-order chi connectivity index (χ0) is 17.2. The Morgan fingerprint density at radius 1 is 1.21 bits per heavy atom. The minimum absolute atomic E-state index is 0.284. The zero-order valence-electron chi connectivity index (χ0n) is 12.9. The number of allylic oxidation sites excluding steroid dienone is 2. The average Bonchev–Trinajstić information content (AvgIpc) is 2.56. The maximum atomic E-state index is 14.4. The molecule has 1 radical (unpaired) electrons. The Morgan fingerprint density at radius 2 is 1.92 bits per heavy atom. The molecule has 1 heterocycles. The summed E-state index contributed by atoms with van der Waals surface area (Å²) >= 11 is 6.37. The standard InChI is InChI=1S/C19H15ClFN2O/c1-13(24)23-19(16-8-3-4-10-17(16)20)15(9-6-12-22-19)14-7-2-5-11-18(14)21/h2-8,10-12,22H,1H3,(H,23,24). The molecule has 0 aliphatic carbocycles. The molecule has 0 saturated carbocycles. The number of nitrogens with one attached hydrogen (secondary N) is 2. The molecule has 1 aliphatic heterocycles. The van der Waals surface area contributed by atoms with Gasteiger partial charge in [0.25, 0.3) is 0 Å². The van der Waals surface area contributed by atoms with Gasteiger partial charge in [-0.15, -0.1) is 0 Å². The van der Waals surface area contributed by atoms with Crippen molar-refractivity contribution in [2.75, 3.05) is 0 Å². The molecular weight excluding hydrogens is 327 g/mol. The number of carbonyl (C=O) groups is 1. The quantitative estimate of drug-likeness (QED) is 0.892. The van der Waals surface area contributed by atoms with Gasteiger partial charge in [0.15, 0.2) is 5.66 Å². The van der Waals surface area contributed by atoms with E-state index in [1.54, 1.807) is 48.7 Å². The Kier molecular flexibility index (Phi) is 4.40. The summed E-state index contributed by atoms with van der Waals surface area (Å²) in [5.74, 6) is -0.688. The van der Waals surface area contributed by atoms with Crippen molar-refractivity contribution in [2.45, 2.75) is 12.6 Å². The van der Waals surface area contributed by atoms with Crippen molar-refractivity contribution in [1.29, 1.82) is 0 Å². The first kappa shape index (κ1) is 16.3. The fourth-order valence-electron chi connectivity index (χ4n) is 2.82. The molecule has 2 aromatic rings. The van der Waals surface area contributed by atoms with Gasteiger partial charge in [0.2, 0.25) is 5.91 Å². The van der Waals surface area contributed by atoms with Crippen molar-refractivity contribution in [3.8, 4) is 0 Å². The summed E-state index contributed by atoms with van der Waals surface area (Å²) in [6.45, 7) is 1.40. The van der Waals surface area contributed by atoms with Gasteiger partial charge in [0.1, 0.15) is 5.82 Å². The van der Waals surface area contributed by atoms with Crippen LogP contribution in [0.5, 0.6) is 0 Å². The summed E-state index contributed by atoms with van der Waals surface area (Å²) in [6.07, 6.45) is 6.34. The SMILES string of the molecule is CC(=O)NC1(c2ccccc2Cl)NC=C[C]=C1c1ccccc1F. The third kappa shape index (κ3) is 2.81. The Hall–Kier alpha value is -2.59. The molecule has 0 fully saturated rings. The molecule has 3 rings (SSSR count). The van der Waals surface area contributed by atoms with Crippen LogP contribution in [-0.4, -0.2) is 5.91 Å². The van der Waals surface area contributed by atoms with E-state index in [4.69, 9.17) is 11.6 Å². The van der Waals surface area contributed by atoms with E-state index < -0.39 is 11.5 Å². The lowest BCUT2D eigenvalue weighted by Gasteiger charge is -2.39. The van der Waals surface area contributed by atoms with E-state index in [9.17, 15) is 9.18 Å². The molecule has 2 N–H and O–H groups in total. The normalized spacial score (nSPS) is 19.4. The molecule has 3 nitrogen and oxygen atoms in total. The number of dihydropyridines is 1. The monoisotopic (exact) mass is 341 g/mol. The molecular formula is C19H15ClFN2O. The summed E-state index contributed by atoms with van der Waals surface area (Å²) < 4.78 is 14.4. The average molecular weight is 342 g/mol. The van der Waals surface area contributed by atoms with Crippen LogP contribution in [0, 0.1) is 11.9 Å². The van der Waals surface area contributed by atoms with E-state index in [1.807, 2.05) is 6.07 Å². The van der Waals surface area contributed by atoms with Crippen molar-refractivity contribution < 1.29 is 9.18 Å². The topological polar surface area (TPSA) is 41.1 Å². The van der Waals surface area contributed by atoms with Gasteiger partial charge in [-0.2, -0.15) is 0 Å². The molecule has 5 heteroatoms. The Labute approximate surface area is 144 Å². The highest BCUT2D eigenvalue weighted by atomic mass is 35.5. The smallest absolute Gasteiger partial charge is 0.219 e. The van der Waals surface area contributed by atoms with E-state index in [1.165, 1.54) is 13.0 Å². The molecule has 1 amide bonds. The van der Waals surface area contributed by atoms with Crippen LogP contribution in [0.3, 0.4) is 0 Å². The molecule has 0 saturated heterocycles. The number of hydrogen-bond donors (Lipinski definition) is 2. The summed E-state index contributed by atoms with van der Waals surface area (Å²) in [5.41, 5.74) is 0.188. The second-order valence-electron chi connectivity index (χ2n) is 5.39. The van der Waals surface area contributed by atoms with Crippen LogP contribution in [0.25, 0.3) is 5.57 Å². The van der Waals surface area contributed by atoms with Crippen LogP contribution < -0.4 is 10.6 Å². The molecule has 1 aliphatic rings. The number of benzene rings is 2. The fraction of sp³-hybridized carbons (Fsp3) is 0.105. The van der Waals surface area contributed by atoms with E-state index in [2.05, 4.69) is 16.7 Å². The second-order valence-corrected chi connectivity index (χ2v) is 5.80. The van der Waals surface area contributed by atoms with Crippen molar-refractivity contribution >= 4 is 23.1 Å². The van der Waals surface area contributed by atoms with Crippen LogP contribution in [0.4, 0.5) is 4.39 Å². The predicted octanol–water partition coefficient (Wildman–Crippen LogP) is 3.77. The largest absolute Gasteiger partial charge is 0.361 e. The highest BCUT2D eigenvalue weighted by Gasteiger charge is 2.40. The fourth-order valence-corrected chi connectivity index (χ4v) is 3.10. The number of halogens is 2. The highest BCUT2D eigenvalue weighted by Crippen LogP contribution is 2.39. The predicted molar refractivity (Wildman–Crippen MR) is 92.3 cm³/mol. The summed E-state index contributed by atoms with van der Waals surface area (Å²) in [6, 6.07) is 13.5. The van der Waals surface area contributed by atoms with Gasteiger partial charge in [-0.25, -0.2) is 4.39 Å². The first-order chi connectivity index (χ1) is 11.5. The summed E-state index contributed by atoms with van der Waals surface area (Å²) in [7, 11) is 0. The van der Waals surface area contributed by atoms with Gasteiger partial charge in [0, 0.05) is 28.6 Å². The van der Waals surface area contributed by atoms with E-state index >= 15 is 0 Å². The molecule has 1 atom stereocenters. The number of rotatable bonds is 3. The Morgan fingerprint density at radius 3 is 2.62 bits per heavy atom. The number of carbonyl (C=O) groups excluding carboxylic acids is 1. The van der Waals surface area contributed by atoms with Gasteiger partial charge in [-0.05, 0) is 30.5 Å². The van der Waals surface area contributed by atoms with E-state index in [0.717, 1.165) is 0 Å². The van der Waals surface area contributed by atoms with Gasteiger partial charge in [0.05, 0.1) is 0 Å². The van der Waals surface area contributed by atoms with E-state index in [0.29, 0.717) is 21.7 Å². The molecule has 24 heavy (non-hydrogen) atoms. The first-order valence-corrected chi connectivity index (χ1v) is 7.78. The third-order valence-corrected chi connectivity index (χ3v) is 4.10. The molecule has 1 unspecified atom stereocenters. The molecule has 2 aromatic carbocycles. The highest BCUT2D eigenvalue weighted by molar-refractivity contribution is 6.31. The molecule has 0 spiro atoms. The summed E-state index contributed by atoms with van der Waals surface area (Å²) in [5, 5.41) is 6.46. The minimum atomic E-state index is -1.21. The minimum Gasteiger partial charge on any atom is -0.361 e. The molecule has 0 aromatic heterocycles. The zero-order valence-corrected chi connectivity index (χ0v) is 13.7. The Balaban J connectivity index is 2.26. The van der Waals surface area contributed by atoms with Crippen molar-refractivity contribution in [2.24, 2.45) is 0 Å². The lowest BCUT2D eigenvalue weighted by atomic mass is 9.84. The van der Waals surface area contributed by atoms with Gasteiger partial charge in [-0.3, -0.25) is 4.79 Å². The number of amides is 1. The maximum absolute atomic E-state index is 14.4. The molecule has 0 bridgehead atoms. The second kappa shape index (κ2) is 6.49. The molecule has 121 valence electrons. The lowest BCUT2D eigenvalue weighted by molar-refractivity contribution is -0.120. The first-order valence-electron chi connectivity index (χ1n) is 7.40. The van der Waals surface area contributed by atoms with Crippen LogP contribution >= 0.6 is 11.6 Å².